The van der Waals surface area contributed by atoms with E-state index in [4.69, 9.17) is 14.2 Å². The van der Waals surface area contributed by atoms with Gasteiger partial charge in [0.1, 0.15) is 17.6 Å². The van der Waals surface area contributed by atoms with Gasteiger partial charge in [-0.3, -0.25) is 10.1 Å². The van der Waals surface area contributed by atoms with Crippen molar-refractivity contribution >= 4 is 23.4 Å². The number of esters is 1. The van der Waals surface area contributed by atoms with Crippen molar-refractivity contribution in [3.8, 4) is 22.8 Å². The van der Waals surface area contributed by atoms with Crippen LogP contribution in [0.25, 0.3) is 11.3 Å². The summed E-state index contributed by atoms with van der Waals surface area (Å²) in [5, 5.41) is 16.8. The minimum Gasteiger partial charge on any atom is -0.493 e. The number of ether oxygens (including phenoxy) is 3. The van der Waals surface area contributed by atoms with Crippen LogP contribution in [0.1, 0.15) is 17.3 Å². The van der Waals surface area contributed by atoms with Crippen LogP contribution in [0.15, 0.2) is 42.7 Å². The van der Waals surface area contributed by atoms with Gasteiger partial charge >= 0.3 is 5.97 Å². The van der Waals surface area contributed by atoms with Gasteiger partial charge in [0, 0.05) is 30.9 Å². The predicted molar refractivity (Wildman–Crippen MR) is 124 cm³/mol. The molecule has 0 aliphatic heterocycles. The minimum absolute atomic E-state index is 0.0820. The lowest BCUT2D eigenvalue weighted by atomic mass is 10.1. The normalized spacial score (nSPS) is 10.3. The van der Waals surface area contributed by atoms with E-state index in [0.29, 0.717) is 47.6 Å². The molecule has 0 fully saturated rings. The summed E-state index contributed by atoms with van der Waals surface area (Å²) in [7, 11) is 3.06. The van der Waals surface area contributed by atoms with Crippen molar-refractivity contribution in [3.05, 3.63) is 58.4 Å². The number of pyridine rings is 1. The highest BCUT2D eigenvalue weighted by molar-refractivity contribution is 5.96. The lowest BCUT2D eigenvalue weighted by Gasteiger charge is -2.13. The van der Waals surface area contributed by atoms with E-state index in [1.165, 1.54) is 38.7 Å². The Balaban J connectivity index is 1.76. The predicted octanol–water partition coefficient (Wildman–Crippen LogP) is 3.16. The molecular formula is C22H24N6O6. The molecule has 3 aromatic rings. The van der Waals surface area contributed by atoms with E-state index >= 15 is 0 Å². The van der Waals surface area contributed by atoms with Gasteiger partial charge in [0.25, 0.3) is 5.69 Å². The molecule has 3 rings (SSSR count). The fourth-order valence-electron chi connectivity index (χ4n) is 2.99. The maximum atomic E-state index is 12.5. The number of aromatic nitrogens is 3. The van der Waals surface area contributed by atoms with E-state index in [2.05, 4.69) is 25.6 Å². The number of benzene rings is 1. The van der Waals surface area contributed by atoms with Crippen molar-refractivity contribution in [1.82, 2.24) is 15.0 Å². The van der Waals surface area contributed by atoms with Gasteiger partial charge in [-0.15, -0.1) is 0 Å². The standard InChI is InChI=1S/C22H24N6O6/c1-4-34-21(29)16-13-26-22(24-10-9-23-19-8-6-15(12-25-19)28(30)31)27-20(16)14-5-7-17(32-2)18(11-14)33-3/h5-8,11-13H,4,9-10H2,1-3H3,(H,23,25)(H,24,26,27). The van der Waals surface area contributed by atoms with E-state index in [1.807, 2.05) is 0 Å². The van der Waals surface area contributed by atoms with Crippen LogP contribution in [0.2, 0.25) is 0 Å². The van der Waals surface area contributed by atoms with Gasteiger partial charge < -0.3 is 24.8 Å². The molecular weight excluding hydrogens is 444 g/mol. The molecule has 12 heteroatoms. The zero-order valence-electron chi connectivity index (χ0n) is 18.9. The molecule has 178 valence electrons. The number of nitro groups is 1. The van der Waals surface area contributed by atoms with Crippen LogP contribution < -0.4 is 20.1 Å². The molecule has 0 saturated carbocycles. The third-order valence-electron chi connectivity index (χ3n) is 4.61. The Morgan fingerprint density at radius 3 is 2.44 bits per heavy atom. The molecule has 2 N–H and O–H groups in total. The van der Waals surface area contributed by atoms with Crippen molar-refractivity contribution in [2.45, 2.75) is 6.92 Å². The van der Waals surface area contributed by atoms with Gasteiger partial charge in [0.15, 0.2) is 11.5 Å². The van der Waals surface area contributed by atoms with Gasteiger partial charge in [0.2, 0.25) is 5.95 Å². The third kappa shape index (κ3) is 5.85. The highest BCUT2D eigenvalue weighted by atomic mass is 16.6. The van der Waals surface area contributed by atoms with E-state index < -0.39 is 10.9 Å². The molecule has 0 spiro atoms. The molecule has 0 bridgehead atoms. The van der Waals surface area contributed by atoms with Crippen LogP contribution in [0.4, 0.5) is 17.5 Å². The molecule has 0 amide bonds. The summed E-state index contributed by atoms with van der Waals surface area (Å²) >= 11 is 0. The summed E-state index contributed by atoms with van der Waals surface area (Å²) < 4.78 is 15.8. The number of nitrogens with zero attached hydrogens (tertiary/aromatic N) is 4. The maximum Gasteiger partial charge on any atom is 0.341 e. The number of hydrogen-bond acceptors (Lipinski definition) is 11. The number of anilines is 2. The summed E-state index contributed by atoms with van der Waals surface area (Å²) in [5.41, 5.74) is 1.13. The highest BCUT2D eigenvalue weighted by Gasteiger charge is 2.19. The van der Waals surface area contributed by atoms with Crippen LogP contribution >= 0.6 is 0 Å². The zero-order valence-corrected chi connectivity index (χ0v) is 18.9. The topological polar surface area (TPSA) is 151 Å². The smallest absolute Gasteiger partial charge is 0.341 e. The second kappa shape index (κ2) is 11.4. The fraction of sp³-hybridized carbons (Fsp3) is 0.273. The van der Waals surface area contributed by atoms with Crippen molar-refractivity contribution in [2.24, 2.45) is 0 Å². The average Bonchev–Trinajstić information content (AvgIpc) is 2.86. The van der Waals surface area contributed by atoms with Crippen LogP contribution in [0, 0.1) is 10.1 Å². The molecule has 0 aliphatic rings. The molecule has 0 saturated heterocycles. The Morgan fingerprint density at radius 1 is 1.03 bits per heavy atom. The Labute approximate surface area is 195 Å². The van der Waals surface area contributed by atoms with Gasteiger partial charge in [-0.2, -0.15) is 0 Å². The zero-order chi connectivity index (χ0) is 24.5. The second-order valence-electron chi connectivity index (χ2n) is 6.76. The number of carbonyl (C=O) groups excluding carboxylic acids is 1. The van der Waals surface area contributed by atoms with Crippen molar-refractivity contribution in [2.75, 3.05) is 44.5 Å². The first-order valence-electron chi connectivity index (χ1n) is 10.3. The summed E-state index contributed by atoms with van der Waals surface area (Å²) in [6.07, 6.45) is 2.59. The summed E-state index contributed by atoms with van der Waals surface area (Å²) in [5.74, 6) is 1.29. The van der Waals surface area contributed by atoms with E-state index in [1.54, 1.807) is 25.1 Å². The molecule has 0 aliphatic carbocycles. The number of nitrogens with one attached hydrogen (secondary N) is 2. The Bertz CT molecular complexity index is 1160. The Morgan fingerprint density at radius 2 is 1.79 bits per heavy atom. The van der Waals surface area contributed by atoms with Gasteiger partial charge in [-0.05, 0) is 31.2 Å². The SMILES string of the molecule is CCOC(=O)c1cnc(NCCNc2ccc([N+](=O)[O-])cn2)nc1-c1ccc(OC)c(OC)c1. The van der Waals surface area contributed by atoms with Crippen molar-refractivity contribution < 1.29 is 23.9 Å². The highest BCUT2D eigenvalue weighted by Crippen LogP contribution is 2.33. The van der Waals surface area contributed by atoms with Gasteiger partial charge in [-0.25, -0.2) is 19.7 Å². The number of methoxy groups -OCH3 is 2. The average molecular weight is 468 g/mol. The van der Waals surface area contributed by atoms with Crippen LogP contribution in [-0.4, -0.2) is 59.8 Å². The summed E-state index contributed by atoms with van der Waals surface area (Å²) in [4.78, 5) is 35.4. The van der Waals surface area contributed by atoms with E-state index in [-0.39, 0.29) is 17.9 Å². The quantitative estimate of drug-likeness (QED) is 0.185. The van der Waals surface area contributed by atoms with Crippen LogP contribution in [0.5, 0.6) is 11.5 Å². The molecule has 0 atom stereocenters. The first-order valence-corrected chi connectivity index (χ1v) is 10.3. The van der Waals surface area contributed by atoms with E-state index in [0.717, 1.165) is 0 Å². The fourth-order valence-corrected chi connectivity index (χ4v) is 2.99. The minimum atomic E-state index is -0.537. The number of carbonyl (C=O) groups is 1. The molecule has 0 radical (unpaired) electrons. The Hall–Kier alpha value is -4.48. The molecule has 0 unspecified atom stereocenters. The maximum absolute atomic E-state index is 12.5. The molecule has 34 heavy (non-hydrogen) atoms. The van der Waals surface area contributed by atoms with Gasteiger partial charge in [0.05, 0.1) is 31.4 Å². The third-order valence-corrected chi connectivity index (χ3v) is 4.61. The number of rotatable bonds is 11. The second-order valence-corrected chi connectivity index (χ2v) is 6.76. The lowest BCUT2D eigenvalue weighted by Crippen LogP contribution is -2.17. The van der Waals surface area contributed by atoms with Crippen LogP contribution in [-0.2, 0) is 4.74 Å². The number of hydrogen-bond donors (Lipinski definition) is 2. The summed E-state index contributed by atoms with van der Waals surface area (Å²) in [6.45, 7) is 2.80. The monoisotopic (exact) mass is 468 g/mol. The van der Waals surface area contributed by atoms with Gasteiger partial charge in [-0.1, -0.05) is 0 Å². The molecule has 1 aromatic carbocycles. The first-order chi connectivity index (χ1) is 16.5. The van der Waals surface area contributed by atoms with Crippen molar-refractivity contribution in [1.29, 1.82) is 0 Å². The molecule has 2 aromatic heterocycles. The van der Waals surface area contributed by atoms with Crippen molar-refractivity contribution in [3.63, 3.8) is 0 Å². The van der Waals surface area contributed by atoms with Crippen LogP contribution in [0.3, 0.4) is 0 Å². The molecule has 2 heterocycles. The molecule has 12 nitrogen and oxygen atoms in total. The summed E-state index contributed by atoms with van der Waals surface area (Å²) in [6, 6.07) is 8.10. The lowest BCUT2D eigenvalue weighted by molar-refractivity contribution is -0.385. The first kappa shape index (κ1) is 24.2. The largest absolute Gasteiger partial charge is 0.493 e. The Kier molecular flexibility index (Phi) is 8.11. The van der Waals surface area contributed by atoms with E-state index in [9.17, 15) is 14.9 Å².